The molecule has 0 spiro atoms. The summed E-state index contributed by atoms with van der Waals surface area (Å²) in [4.78, 5) is 29.5. The predicted molar refractivity (Wildman–Crippen MR) is 123 cm³/mol. The van der Waals surface area contributed by atoms with E-state index in [0.29, 0.717) is 31.4 Å². The molecule has 2 heterocycles. The molecule has 0 saturated heterocycles. The molecule has 0 aliphatic heterocycles. The van der Waals surface area contributed by atoms with Crippen molar-refractivity contribution in [3.63, 3.8) is 0 Å². The Bertz CT molecular complexity index is 1320. The van der Waals surface area contributed by atoms with E-state index in [9.17, 15) is 27.9 Å². The van der Waals surface area contributed by atoms with E-state index in [0.717, 1.165) is 12.1 Å². The van der Waals surface area contributed by atoms with Crippen molar-refractivity contribution in [1.82, 2.24) is 10.3 Å². The number of benzene rings is 1. The van der Waals surface area contributed by atoms with Crippen LogP contribution >= 0.6 is 0 Å². The summed E-state index contributed by atoms with van der Waals surface area (Å²) in [5, 5.41) is 22.7. The number of urea groups is 1. The summed E-state index contributed by atoms with van der Waals surface area (Å²) in [5.74, 6) is -0.607. The zero-order valence-corrected chi connectivity index (χ0v) is 19.5. The molecular formula is C24H23F3N6O4. The number of amides is 3. The van der Waals surface area contributed by atoms with Gasteiger partial charge in [0.15, 0.2) is 11.3 Å². The molecule has 0 unspecified atom stereocenters. The highest BCUT2D eigenvalue weighted by atomic mass is 19.4. The Hall–Kier alpha value is -4.00. The monoisotopic (exact) mass is 516 g/mol. The van der Waals surface area contributed by atoms with Gasteiger partial charge < -0.3 is 25.6 Å². The lowest BCUT2D eigenvalue weighted by Gasteiger charge is -2.25. The summed E-state index contributed by atoms with van der Waals surface area (Å²) in [7, 11) is 0. The van der Waals surface area contributed by atoms with Gasteiger partial charge in [-0.15, -0.1) is 0 Å². The van der Waals surface area contributed by atoms with Crippen LogP contribution in [0.15, 0.2) is 53.3 Å². The number of carbonyl (C=O) groups excluding carboxylic acids is 2. The van der Waals surface area contributed by atoms with Crippen molar-refractivity contribution in [2.45, 2.75) is 50.4 Å². The number of hydrogen-bond donors (Lipinski definition) is 3. The number of rotatable bonds is 6. The SMILES string of the molecule is O=C([N-]c1c[n+](Cc2ccccn2)no1)Nc1cc(NC(=O)C23CCC(O)(CC2)C3)cc(C(F)(F)F)c1. The third-order valence-corrected chi connectivity index (χ3v) is 6.82. The lowest BCUT2D eigenvalue weighted by Crippen LogP contribution is -2.35. The van der Waals surface area contributed by atoms with Crippen molar-refractivity contribution >= 4 is 29.2 Å². The fourth-order valence-electron chi connectivity index (χ4n) is 4.99. The van der Waals surface area contributed by atoms with Gasteiger partial charge in [-0.2, -0.15) is 13.2 Å². The normalized spacial score (nSPS) is 22.6. The van der Waals surface area contributed by atoms with Gasteiger partial charge >= 0.3 is 6.18 Å². The van der Waals surface area contributed by atoms with Gasteiger partial charge in [-0.25, -0.2) is 0 Å². The van der Waals surface area contributed by atoms with Crippen LogP contribution < -0.4 is 15.3 Å². The molecule has 37 heavy (non-hydrogen) atoms. The maximum atomic E-state index is 13.5. The van der Waals surface area contributed by atoms with E-state index in [1.165, 1.54) is 16.9 Å². The molecule has 3 N–H and O–H groups in total. The number of nitrogens with one attached hydrogen (secondary N) is 2. The van der Waals surface area contributed by atoms with E-state index in [1.807, 2.05) is 0 Å². The summed E-state index contributed by atoms with van der Waals surface area (Å²) < 4.78 is 47.0. The van der Waals surface area contributed by atoms with Gasteiger partial charge in [0.2, 0.25) is 24.5 Å². The molecule has 2 aliphatic rings. The van der Waals surface area contributed by atoms with Crippen LogP contribution in [0.5, 0.6) is 0 Å². The van der Waals surface area contributed by atoms with Crippen molar-refractivity contribution in [1.29, 1.82) is 0 Å². The highest BCUT2D eigenvalue weighted by Gasteiger charge is 2.57. The van der Waals surface area contributed by atoms with Crippen LogP contribution in [0.2, 0.25) is 0 Å². The van der Waals surface area contributed by atoms with Gasteiger partial charge in [-0.3, -0.25) is 14.6 Å². The second-order valence-corrected chi connectivity index (χ2v) is 9.53. The molecule has 3 aromatic rings. The van der Waals surface area contributed by atoms with E-state index in [2.05, 4.69) is 26.2 Å². The quantitative estimate of drug-likeness (QED) is 0.418. The Kier molecular flexibility index (Phi) is 6.10. The predicted octanol–water partition coefficient (Wildman–Crippen LogP) is 4.30. The average molecular weight is 516 g/mol. The molecule has 13 heteroatoms. The molecule has 2 bridgehead atoms. The van der Waals surface area contributed by atoms with Crippen LogP contribution in [-0.4, -0.2) is 32.9 Å². The van der Waals surface area contributed by atoms with Gasteiger partial charge in [0, 0.05) is 11.9 Å². The average Bonchev–Trinajstić information content (AvgIpc) is 3.52. The van der Waals surface area contributed by atoms with Crippen LogP contribution in [0.1, 0.15) is 43.4 Å². The maximum absolute atomic E-state index is 13.5. The van der Waals surface area contributed by atoms with Crippen LogP contribution in [0, 0.1) is 5.41 Å². The summed E-state index contributed by atoms with van der Waals surface area (Å²) in [6.45, 7) is 0.261. The minimum atomic E-state index is -4.72. The molecule has 3 amide bonds. The Morgan fingerprint density at radius 3 is 2.46 bits per heavy atom. The van der Waals surface area contributed by atoms with E-state index in [4.69, 9.17) is 4.52 Å². The smallest absolute Gasteiger partial charge is 0.416 e. The molecular weight excluding hydrogens is 493 g/mol. The second kappa shape index (κ2) is 9.14. The molecule has 10 nitrogen and oxygen atoms in total. The molecule has 0 radical (unpaired) electrons. The third-order valence-electron chi connectivity index (χ3n) is 6.82. The van der Waals surface area contributed by atoms with Gasteiger partial charge in [-0.1, -0.05) is 6.07 Å². The van der Waals surface area contributed by atoms with E-state index < -0.39 is 34.7 Å². The highest BCUT2D eigenvalue weighted by molar-refractivity contribution is 6.04. The molecule has 194 valence electrons. The zero-order valence-electron chi connectivity index (χ0n) is 19.5. The van der Waals surface area contributed by atoms with Gasteiger partial charge in [0.1, 0.15) is 5.69 Å². The summed E-state index contributed by atoms with van der Waals surface area (Å²) in [5.41, 5.74) is -2.40. The lowest BCUT2D eigenvalue weighted by molar-refractivity contribution is -0.755. The first kappa shape index (κ1) is 24.7. The first-order valence-corrected chi connectivity index (χ1v) is 11.6. The number of pyridine rings is 1. The second-order valence-electron chi connectivity index (χ2n) is 9.53. The summed E-state index contributed by atoms with van der Waals surface area (Å²) in [6.07, 6.45) is 0.410. The number of nitrogens with zero attached hydrogens (tertiary/aromatic N) is 4. The van der Waals surface area contributed by atoms with Crippen molar-refractivity contribution < 1.29 is 37.1 Å². The van der Waals surface area contributed by atoms with E-state index >= 15 is 0 Å². The number of alkyl halides is 3. The van der Waals surface area contributed by atoms with Crippen molar-refractivity contribution in [3.05, 3.63) is 65.4 Å². The number of carbonyl (C=O) groups is 2. The van der Waals surface area contributed by atoms with Crippen LogP contribution in [-0.2, 0) is 17.5 Å². The maximum Gasteiger partial charge on any atom is 0.416 e. The minimum absolute atomic E-state index is 0.125. The lowest BCUT2D eigenvalue weighted by atomic mass is 9.83. The van der Waals surface area contributed by atoms with Gasteiger partial charge in [-0.05, 0) is 72.8 Å². The Morgan fingerprint density at radius 2 is 1.84 bits per heavy atom. The number of aliphatic hydroxyl groups is 1. The van der Waals surface area contributed by atoms with Gasteiger partial charge in [0.05, 0.1) is 16.6 Å². The molecule has 1 aromatic carbocycles. The van der Waals surface area contributed by atoms with Crippen molar-refractivity contribution in [2.24, 2.45) is 5.41 Å². The molecule has 2 fully saturated rings. The van der Waals surface area contributed by atoms with Gasteiger partial charge in [0.25, 0.3) is 0 Å². The summed E-state index contributed by atoms with van der Waals surface area (Å²) >= 11 is 0. The first-order valence-electron chi connectivity index (χ1n) is 11.6. The number of halogens is 3. The zero-order chi connectivity index (χ0) is 26.3. The van der Waals surface area contributed by atoms with E-state index in [1.54, 1.807) is 24.4 Å². The Labute approximate surface area is 208 Å². The third kappa shape index (κ3) is 5.40. The number of hydrogen-bond acceptors (Lipinski definition) is 6. The largest absolute Gasteiger partial charge is 0.424 e. The number of anilines is 2. The Morgan fingerprint density at radius 1 is 1.11 bits per heavy atom. The first-order chi connectivity index (χ1) is 17.5. The molecule has 5 rings (SSSR count). The highest BCUT2D eigenvalue weighted by Crippen LogP contribution is 2.56. The molecule has 0 atom stereocenters. The topological polar surface area (TPSA) is 135 Å². The van der Waals surface area contributed by atoms with Crippen LogP contribution in [0.4, 0.5) is 35.2 Å². The molecule has 2 aliphatic carbocycles. The van der Waals surface area contributed by atoms with Crippen molar-refractivity contribution in [3.8, 4) is 0 Å². The summed E-state index contributed by atoms with van der Waals surface area (Å²) in [6, 6.07) is 7.10. The van der Waals surface area contributed by atoms with Crippen LogP contribution in [0.3, 0.4) is 0 Å². The van der Waals surface area contributed by atoms with Crippen LogP contribution in [0.25, 0.3) is 5.32 Å². The standard InChI is InChI=1S/C24H23F3N6O4/c25-24(26,27)15-9-17(29-20(34)22-4-6-23(36,14-22)7-5-22)11-18(10-15)30-21(35)31-19-13-33(32-37-19)12-16-3-1-2-8-28-16/h1-3,8-11,13,36H,4-7,12,14H2,(H2-,29,30,31,32,34,35). The van der Waals surface area contributed by atoms with E-state index in [-0.39, 0.29) is 30.2 Å². The molecule has 2 saturated carbocycles. The number of aromatic nitrogens is 3. The molecule has 2 aromatic heterocycles. The minimum Gasteiger partial charge on any atom is -0.424 e. The Balaban J connectivity index is 1.28. The van der Waals surface area contributed by atoms with Crippen molar-refractivity contribution in [2.75, 3.05) is 10.6 Å². The number of fused-ring (bicyclic) bond motifs is 2. The fourth-order valence-corrected chi connectivity index (χ4v) is 4.99. The fraction of sp³-hybridized carbons (Fsp3) is 0.375.